The Kier molecular flexibility index (Phi) is 4.24. The number of thiazole rings is 1. The minimum absolute atomic E-state index is 0.153. The van der Waals surface area contributed by atoms with E-state index in [2.05, 4.69) is 43.3 Å². The van der Waals surface area contributed by atoms with Crippen molar-refractivity contribution in [2.24, 2.45) is 5.92 Å². The van der Waals surface area contributed by atoms with Gasteiger partial charge >= 0.3 is 5.97 Å². The molecule has 3 aromatic rings. The van der Waals surface area contributed by atoms with Crippen LogP contribution in [0.3, 0.4) is 0 Å². The molecule has 0 radical (unpaired) electrons. The maximum absolute atomic E-state index is 11.5. The van der Waals surface area contributed by atoms with Gasteiger partial charge in [-0.05, 0) is 56.4 Å². The largest absolute Gasteiger partial charge is 0.488 e. The Balaban J connectivity index is 1.33. The van der Waals surface area contributed by atoms with E-state index in [0.29, 0.717) is 6.61 Å². The third kappa shape index (κ3) is 3.14. The number of carboxylic acid groups (broad SMARTS) is 1. The van der Waals surface area contributed by atoms with Gasteiger partial charge in [-0.2, -0.15) is 0 Å². The van der Waals surface area contributed by atoms with Crippen LogP contribution in [0, 0.1) is 19.8 Å². The molecule has 0 saturated heterocycles. The summed E-state index contributed by atoms with van der Waals surface area (Å²) < 4.78 is 6.11. The highest BCUT2D eigenvalue weighted by Gasteiger charge is 2.61. The number of hydrogen-bond acceptors (Lipinski definition) is 4. The van der Waals surface area contributed by atoms with Gasteiger partial charge in [0.1, 0.15) is 17.4 Å². The Morgan fingerprint density at radius 2 is 2.03 bits per heavy atom. The Hall–Kier alpha value is -2.66. The SMILES string of the molecule is Cc1ccc(-c2nc(C)c(COc3ccc4c(c3)C3(CC4)CC3C(=O)O)s2)cc1. The topological polar surface area (TPSA) is 59.4 Å². The van der Waals surface area contributed by atoms with Crippen molar-refractivity contribution in [1.29, 1.82) is 0 Å². The highest BCUT2D eigenvalue weighted by atomic mass is 32.1. The van der Waals surface area contributed by atoms with Gasteiger partial charge in [0.2, 0.25) is 0 Å². The summed E-state index contributed by atoms with van der Waals surface area (Å²) in [5, 5.41) is 10.4. The maximum Gasteiger partial charge on any atom is 0.307 e. The van der Waals surface area contributed by atoms with Crippen LogP contribution < -0.4 is 4.74 Å². The van der Waals surface area contributed by atoms with Crippen LogP contribution in [0.1, 0.15) is 40.1 Å². The van der Waals surface area contributed by atoms with E-state index in [0.717, 1.165) is 46.2 Å². The van der Waals surface area contributed by atoms with Crippen molar-refractivity contribution in [2.75, 3.05) is 0 Å². The van der Waals surface area contributed by atoms with Crippen molar-refractivity contribution >= 4 is 17.3 Å². The van der Waals surface area contributed by atoms with Crippen molar-refractivity contribution in [1.82, 2.24) is 4.98 Å². The molecule has 2 aliphatic rings. The van der Waals surface area contributed by atoms with E-state index >= 15 is 0 Å². The third-order valence-corrected chi connectivity index (χ3v) is 7.57. The Bertz CT molecular complexity index is 1100. The molecule has 2 aromatic carbocycles. The summed E-state index contributed by atoms with van der Waals surface area (Å²) in [5.74, 6) is -0.0985. The summed E-state index contributed by atoms with van der Waals surface area (Å²) in [6.07, 6.45) is 2.66. The molecule has 0 bridgehead atoms. The Morgan fingerprint density at radius 3 is 2.76 bits per heavy atom. The van der Waals surface area contributed by atoms with Gasteiger partial charge in [0.15, 0.2) is 0 Å². The molecular formula is C24H23NO3S. The summed E-state index contributed by atoms with van der Waals surface area (Å²) >= 11 is 1.67. The summed E-state index contributed by atoms with van der Waals surface area (Å²) in [7, 11) is 0. The Labute approximate surface area is 174 Å². The highest BCUT2D eigenvalue weighted by molar-refractivity contribution is 7.15. The molecule has 1 N–H and O–H groups in total. The lowest BCUT2D eigenvalue weighted by Crippen LogP contribution is -2.11. The Morgan fingerprint density at radius 1 is 1.24 bits per heavy atom. The average molecular weight is 406 g/mol. The summed E-state index contributed by atoms with van der Waals surface area (Å²) in [6.45, 7) is 4.58. The molecule has 1 heterocycles. The molecule has 1 saturated carbocycles. The number of aliphatic carboxylic acids is 1. The van der Waals surface area contributed by atoms with Crippen LogP contribution in [0.25, 0.3) is 10.6 Å². The number of nitrogens with zero attached hydrogens (tertiary/aromatic N) is 1. The van der Waals surface area contributed by atoms with Crippen LogP contribution in [-0.2, 0) is 23.2 Å². The molecule has 1 aromatic heterocycles. The quantitative estimate of drug-likeness (QED) is 0.626. The molecule has 4 nitrogen and oxygen atoms in total. The van der Waals surface area contributed by atoms with Gasteiger partial charge in [0, 0.05) is 11.0 Å². The molecule has 2 unspecified atom stereocenters. The van der Waals surface area contributed by atoms with Crippen LogP contribution in [-0.4, -0.2) is 16.1 Å². The molecule has 0 amide bonds. The monoisotopic (exact) mass is 405 g/mol. The zero-order valence-electron chi connectivity index (χ0n) is 16.6. The third-order valence-electron chi connectivity index (χ3n) is 6.39. The van der Waals surface area contributed by atoms with Crippen molar-refractivity contribution in [3.8, 4) is 16.3 Å². The normalized spacial score (nSPS) is 21.9. The van der Waals surface area contributed by atoms with Crippen molar-refractivity contribution in [3.63, 3.8) is 0 Å². The number of carbonyl (C=O) groups is 1. The number of hydrogen-bond donors (Lipinski definition) is 1. The first-order valence-corrected chi connectivity index (χ1v) is 10.8. The maximum atomic E-state index is 11.5. The lowest BCUT2D eigenvalue weighted by atomic mass is 9.95. The molecule has 29 heavy (non-hydrogen) atoms. The summed E-state index contributed by atoms with van der Waals surface area (Å²) in [6, 6.07) is 14.6. The van der Waals surface area contributed by atoms with Crippen LogP contribution in [0.4, 0.5) is 0 Å². The standard InChI is InChI=1S/C24H23NO3S/c1-14-3-5-17(6-4-14)22-25-15(2)21(29-22)13-28-18-8-7-16-9-10-24(19(16)11-18)12-20(24)23(26)27/h3-8,11,20H,9-10,12-13H2,1-2H3,(H,26,27). The second kappa shape index (κ2) is 6.70. The van der Waals surface area contributed by atoms with Crippen molar-refractivity contribution in [2.45, 2.75) is 45.1 Å². The van der Waals surface area contributed by atoms with E-state index < -0.39 is 5.97 Å². The van der Waals surface area contributed by atoms with Gasteiger partial charge in [0.25, 0.3) is 0 Å². The van der Waals surface area contributed by atoms with E-state index in [1.807, 2.05) is 13.0 Å². The number of ether oxygens (including phenoxy) is 1. The molecule has 1 fully saturated rings. The number of aryl methyl sites for hydroxylation is 3. The van der Waals surface area contributed by atoms with E-state index in [1.165, 1.54) is 16.7 Å². The molecule has 1 spiro atoms. The predicted octanol–water partition coefficient (Wildman–Crippen LogP) is 5.29. The van der Waals surface area contributed by atoms with Gasteiger partial charge in [-0.25, -0.2) is 4.98 Å². The van der Waals surface area contributed by atoms with Crippen LogP contribution in [0.5, 0.6) is 5.75 Å². The number of aromatic nitrogens is 1. The fourth-order valence-electron chi connectivity index (χ4n) is 4.55. The zero-order valence-corrected chi connectivity index (χ0v) is 17.4. The minimum Gasteiger partial charge on any atom is -0.488 e. The summed E-state index contributed by atoms with van der Waals surface area (Å²) in [4.78, 5) is 17.3. The highest BCUT2D eigenvalue weighted by Crippen LogP contribution is 2.62. The van der Waals surface area contributed by atoms with Gasteiger partial charge in [-0.3, -0.25) is 4.79 Å². The number of fused-ring (bicyclic) bond motifs is 2. The van der Waals surface area contributed by atoms with Crippen LogP contribution >= 0.6 is 11.3 Å². The van der Waals surface area contributed by atoms with E-state index in [1.54, 1.807) is 11.3 Å². The fraction of sp³-hybridized carbons (Fsp3) is 0.333. The fourth-order valence-corrected chi connectivity index (χ4v) is 5.53. The summed E-state index contributed by atoms with van der Waals surface area (Å²) in [5.41, 5.74) is 5.67. The number of benzene rings is 2. The van der Waals surface area contributed by atoms with Crippen molar-refractivity contribution in [3.05, 3.63) is 69.7 Å². The molecule has 0 aliphatic heterocycles. The smallest absolute Gasteiger partial charge is 0.307 e. The van der Waals surface area contributed by atoms with E-state index in [4.69, 9.17) is 9.72 Å². The second-order valence-electron chi connectivity index (χ2n) is 8.25. The molecule has 5 rings (SSSR count). The van der Waals surface area contributed by atoms with Crippen molar-refractivity contribution < 1.29 is 14.6 Å². The van der Waals surface area contributed by atoms with Gasteiger partial charge < -0.3 is 9.84 Å². The van der Waals surface area contributed by atoms with Crippen LogP contribution in [0.15, 0.2) is 42.5 Å². The first kappa shape index (κ1) is 18.4. The van der Waals surface area contributed by atoms with E-state index in [-0.39, 0.29) is 11.3 Å². The first-order chi connectivity index (χ1) is 14.0. The molecular weight excluding hydrogens is 382 g/mol. The second-order valence-corrected chi connectivity index (χ2v) is 9.34. The zero-order chi connectivity index (χ0) is 20.2. The molecule has 2 aliphatic carbocycles. The lowest BCUT2D eigenvalue weighted by molar-refractivity contribution is -0.139. The number of carboxylic acids is 1. The lowest BCUT2D eigenvalue weighted by Gasteiger charge is -2.12. The molecule has 148 valence electrons. The number of rotatable bonds is 5. The van der Waals surface area contributed by atoms with Gasteiger partial charge in [0.05, 0.1) is 16.5 Å². The van der Waals surface area contributed by atoms with E-state index in [9.17, 15) is 9.90 Å². The molecule has 2 atom stereocenters. The van der Waals surface area contributed by atoms with Crippen LogP contribution in [0.2, 0.25) is 0 Å². The van der Waals surface area contributed by atoms with Gasteiger partial charge in [-0.15, -0.1) is 11.3 Å². The minimum atomic E-state index is -0.673. The average Bonchev–Trinajstić information content (AvgIpc) is 3.19. The first-order valence-electron chi connectivity index (χ1n) is 9.99. The van der Waals surface area contributed by atoms with Gasteiger partial charge in [-0.1, -0.05) is 35.9 Å². The predicted molar refractivity (Wildman–Crippen MR) is 114 cm³/mol. The molecule has 5 heteroatoms.